The lowest BCUT2D eigenvalue weighted by molar-refractivity contribution is -0.287. The number of rotatable bonds is 15. The Labute approximate surface area is 251 Å². The fraction of sp³-hybridized carbons (Fsp3) is 0.727. The average molecular weight is 681 g/mol. The minimum Gasteiger partial charge on any atom is -0.461 e. The Morgan fingerprint density at radius 2 is 1.79 bits per heavy atom. The second-order valence-electron chi connectivity index (χ2n) is 9.97. The molecule has 1 amide bonds. The molecule has 242 valence electrons. The van der Waals surface area contributed by atoms with Crippen LogP contribution in [0.15, 0.2) is 16.8 Å². The highest BCUT2D eigenvalue weighted by Crippen LogP contribution is 2.33. The average Bonchev–Trinajstić information content (AvgIpc) is 3.41. The van der Waals surface area contributed by atoms with Gasteiger partial charge in [0, 0.05) is 18.2 Å². The molecule has 20 heteroatoms. The summed E-state index contributed by atoms with van der Waals surface area (Å²) in [6.07, 6.45) is -8.97. The maximum atomic E-state index is 13.4. The van der Waals surface area contributed by atoms with E-state index in [1.807, 2.05) is 0 Å². The molecule has 1 aromatic rings. The highest BCUT2D eigenvalue weighted by molar-refractivity contribution is 7.99. The molecule has 0 radical (unpaired) electrons. The fourth-order valence-electron chi connectivity index (χ4n) is 4.22. The molecule has 0 aromatic carbocycles. The topological polar surface area (TPSA) is 280 Å². The van der Waals surface area contributed by atoms with E-state index in [4.69, 9.17) is 15.2 Å². The van der Waals surface area contributed by atoms with Gasteiger partial charge < -0.3 is 50.1 Å². The van der Waals surface area contributed by atoms with Crippen LogP contribution in [-0.2, 0) is 57.5 Å². The van der Waals surface area contributed by atoms with Gasteiger partial charge in [0.1, 0.15) is 46.9 Å². The highest BCUT2D eigenvalue weighted by Gasteiger charge is 2.51. The summed E-state index contributed by atoms with van der Waals surface area (Å²) in [4.78, 5) is 25.9. The van der Waals surface area contributed by atoms with E-state index in [9.17, 15) is 56.0 Å². The van der Waals surface area contributed by atoms with Gasteiger partial charge in [-0.15, -0.1) is 0 Å². The number of ether oxygens (including phenoxy) is 2. The normalized spacial score (nSPS) is 28.1. The molecule has 0 spiro atoms. The van der Waals surface area contributed by atoms with Crippen molar-refractivity contribution in [3.8, 4) is 0 Å². The number of carbonyl (C=O) groups is 2. The van der Waals surface area contributed by atoms with Crippen molar-refractivity contribution in [2.75, 3.05) is 18.6 Å². The molecule has 16 nitrogen and oxygen atoms in total. The summed E-state index contributed by atoms with van der Waals surface area (Å²) in [5, 5.41) is 44.7. The number of carbonyl (C=O) groups excluding carboxylic acids is 2. The van der Waals surface area contributed by atoms with Crippen LogP contribution < -0.4 is 11.1 Å². The molecule has 1 aliphatic heterocycles. The number of aliphatic hydroxyl groups is 4. The Hall–Kier alpha value is -1.43. The molecule has 1 fully saturated rings. The second-order valence-corrected chi connectivity index (χ2v) is 15.7. The van der Waals surface area contributed by atoms with Crippen LogP contribution >= 0.6 is 11.3 Å². The van der Waals surface area contributed by atoms with Crippen LogP contribution in [0.2, 0.25) is 0 Å². The third kappa shape index (κ3) is 9.53. The first kappa shape index (κ1) is 36.8. The minimum atomic E-state index is -3.60. The van der Waals surface area contributed by atoms with Gasteiger partial charge in [-0.2, -0.15) is 11.3 Å². The summed E-state index contributed by atoms with van der Waals surface area (Å²) in [7, 11) is -3.60. The molecule has 10 atom stereocenters. The monoisotopic (exact) mass is 680 g/mol. The summed E-state index contributed by atoms with van der Waals surface area (Å²) in [5.41, 5.74) is 6.61. The highest BCUT2D eigenvalue weighted by atomic mass is 32.3. The Bertz CT molecular complexity index is 1200. The molecule has 2 heterocycles. The third-order valence-electron chi connectivity index (χ3n) is 6.71. The van der Waals surface area contributed by atoms with E-state index in [1.54, 1.807) is 16.8 Å². The van der Waals surface area contributed by atoms with E-state index in [-0.39, 0.29) is 6.42 Å². The molecule has 2 rings (SSSR count). The van der Waals surface area contributed by atoms with Crippen molar-refractivity contribution in [3.05, 3.63) is 22.4 Å². The van der Waals surface area contributed by atoms with Gasteiger partial charge in [0.15, 0.2) is 32.5 Å². The first-order valence-electron chi connectivity index (χ1n) is 12.4. The molecule has 0 aliphatic carbocycles. The number of aliphatic hydroxyl groups excluding tert-OH is 4. The third-order valence-corrected chi connectivity index (χ3v) is 11.4. The number of amides is 1. The van der Waals surface area contributed by atoms with Gasteiger partial charge >= 0.3 is 5.97 Å². The van der Waals surface area contributed by atoms with Crippen LogP contribution in [0.3, 0.4) is 0 Å². The Balaban J connectivity index is 2.22. The number of hydrogen-bond acceptors (Lipinski definition) is 14. The Morgan fingerprint density at radius 3 is 2.31 bits per heavy atom. The number of hydrogen-bond donors (Lipinski definition) is 8. The lowest BCUT2D eigenvalue weighted by atomic mass is 9.91. The lowest BCUT2D eigenvalue weighted by Crippen LogP contribution is -2.59. The largest absolute Gasteiger partial charge is 0.461 e. The first-order chi connectivity index (χ1) is 19.4. The summed E-state index contributed by atoms with van der Waals surface area (Å²) < 4.78 is 76.0. The molecule has 1 saturated heterocycles. The molecular formula is C22H36N2O14S4. The molecule has 0 bridgehead atoms. The molecule has 42 heavy (non-hydrogen) atoms. The van der Waals surface area contributed by atoms with Gasteiger partial charge in [-0.05, 0) is 48.6 Å². The van der Waals surface area contributed by atoms with Crippen LogP contribution in [-0.4, -0.2) is 124 Å². The fourth-order valence-corrected chi connectivity index (χ4v) is 7.51. The van der Waals surface area contributed by atoms with Gasteiger partial charge in [-0.1, -0.05) is 0 Å². The van der Waals surface area contributed by atoms with Gasteiger partial charge in [0.05, 0.1) is 5.75 Å². The van der Waals surface area contributed by atoms with E-state index in [2.05, 4.69) is 5.32 Å². The van der Waals surface area contributed by atoms with Crippen molar-refractivity contribution < 1.29 is 65.4 Å². The van der Waals surface area contributed by atoms with Gasteiger partial charge in [-0.25, -0.2) is 21.6 Å². The molecule has 1 aromatic heterocycles. The second kappa shape index (κ2) is 15.5. The maximum absolute atomic E-state index is 13.4. The van der Waals surface area contributed by atoms with Crippen LogP contribution in [0.1, 0.15) is 25.3 Å². The molecule has 1 aliphatic rings. The zero-order chi connectivity index (χ0) is 32.0. The minimum absolute atomic E-state index is 0.105. The summed E-state index contributed by atoms with van der Waals surface area (Å²) in [6.45, 7) is 0.553. The number of esters is 1. The van der Waals surface area contributed by atoms with Crippen LogP contribution in [0.5, 0.6) is 0 Å². The number of nitrogens with two attached hydrogens (primary N) is 1. The summed E-state index contributed by atoms with van der Waals surface area (Å²) in [5.74, 6) is -3.79. The van der Waals surface area contributed by atoms with E-state index in [0.29, 0.717) is 5.56 Å². The van der Waals surface area contributed by atoms with E-state index in [0.717, 1.165) is 6.26 Å². The zero-order valence-corrected chi connectivity index (χ0v) is 25.8. The van der Waals surface area contributed by atoms with Crippen molar-refractivity contribution >= 4 is 55.2 Å². The quantitative estimate of drug-likeness (QED) is 0.0679. The SMILES string of the molecule is CC(NC(=O)C(Cc1ccsc1)CC(C(N)CCS(C)(=O)=O)(S(=O)O)S(=O)O)C(=O)OCC1OC(O)C(O)C(O)C1O. The van der Waals surface area contributed by atoms with Gasteiger partial charge in [-0.3, -0.25) is 4.79 Å². The van der Waals surface area contributed by atoms with Crippen molar-refractivity contribution in [3.63, 3.8) is 0 Å². The van der Waals surface area contributed by atoms with E-state index < -0.39 is 122 Å². The van der Waals surface area contributed by atoms with Crippen molar-refractivity contribution in [2.24, 2.45) is 11.7 Å². The van der Waals surface area contributed by atoms with Crippen LogP contribution in [0.4, 0.5) is 0 Å². The predicted molar refractivity (Wildman–Crippen MR) is 150 cm³/mol. The van der Waals surface area contributed by atoms with Crippen molar-refractivity contribution in [1.29, 1.82) is 0 Å². The van der Waals surface area contributed by atoms with Crippen LogP contribution in [0, 0.1) is 5.92 Å². The molecule has 9 N–H and O–H groups in total. The van der Waals surface area contributed by atoms with Crippen molar-refractivity contribution in [2.45, 2.75) is 73.1 Å². The Kier molecular flexibility index (Phi) is 13.6. The maximum Gasteiger partial charge on any atom is 0.328 e. The lowest BCUT2D eigenvalue weighted by Gasteiger charge is -2.38. The number of thiophene rings is 1. The van der Waals surface area contributed by atoms with Crippen LogP contribution in [0.25, 0.3) is 0 Å². The molecule has 10 unspecified atom stereocenters. The number of nitrogens with one attached hydrogen (secondary N) is 1. The summed E-state index contributed by atoms with van der Waals surface area (Å²) in [6, 6.07) is -1.32. The van der Waals surface area contributed by atoms with E-state index in [1.165, 1.54) is 18.3 Å². The van der Waals surface area contributed by atoms with Gasteiger partial charge in [0.25, 0.3) is 0 Å². The standard InChI is InChI=1S/C22H36N2O14S4/c1-11(20(29)37-9-14-16(25)17(26)18(27)21(30)38-14)24-19(28)13(7-12-3-5-39-10-12)8-22(40(31)32,41(33)34)15(23)4-6-42(2,35)36/h3,5,10-11,13-18,21,25-27,30H,4,6-9,23H2,1-2H3,(H,24,28)(H,31,32)(H,33,34). The first-order valence-corrected chi connectivity index (χ1v) is 17.6. The predicted octanol–water partition coefficient (Wildman–Crippen LogP) is -2.95. The van der Waals surface area contributed by atoms with E-state index >= 15 is 0 Å². The zero-order valence-electron chi connectivity index (χ0n) is 22.5. The molecular weight excluding hydrogens is 645 g/mol. The smallest absolute Gasteiger partial charge is 0.328 e. The number of sulfone groups is 1. The van der Waals surface area contributed by atoms with Crippen molar-refractivity contribution in [1.82, 2.24) is 5.32 Å². The summed E-state index contributed by atoms with van der Waals surface area (Å²) >= 11 is -4.94. The Morgan fingerprint density at radius 1 is 1.17 bits per heavy atom. The van der Waals surface area contributed by atoms with Gasteiger partial charge in [0.2, 0.25) is 5.91 Å². The molecule has 0 saturated carbocycles.